The quantitative estimate of drug-likeness (QED) is 0.841. The van der Waals surface area contributed by atoms with Crippen molar-refractivity contribution in [1.82, 2.24) is 4.90 Å². The van der Waals surface area contributed by atoms with E-state index in [0.29, 0.717) is 4.99 Å². The summed E-state index contributed by atoms with van der Waals surface area (Å²) in [4.78, 5) is 2.92. The van der Waals surface area contributed by atoms with Crippen molar-refractivity contribution < 1.29 is 4.74 Å². The van der Waals surface area contributed by atoms with Crippen molar-refractivity contribution in [3.63, 3.8) is 0 Å². The van der Waals surface area contributed by atoms with E-state index >= 15 is 0 Å². The Labute approximate surface area is 120 Å². The Hall–Kier alpha value is -1.13. The molecule has 0 amide bonds. The molecule has 1 aromatic carbocycles. The van der Waals surface area contributed by atoms with Crippen molar-refractivity contribution in [2.75, 3.05) is 13.1 Å². The van der Waals surface area contributed by atoms with E-state index in [-0.39, 0.29) is 12.1 Å². The fourth-order valence-corrected chi connectivity index (χ4v) is 2.84. The number of benzene rings is 1. The first kappa shape index (κ1) is 14.3. The molecule has 1 atom stereocenters. The summed E-state index contributed by atoms with van der Waals surface area (Å²) < 4.78 is 5.66. The summed E-state index contributed by atoms with van der Waals surface area (Å²) in [6, 6.07) is 8.19. The largest absolute Gasteiger partial charge is 0.491 e. The molecule has 0 radical (unpaired) electrons. The highest BCUT2D eigenvalue weighted by atomic mass is 32.1. The monoisotopic (exact) mass is 278 g/mol. The van der Waals surface area contributed by atoms with Gasteiger partial charge in [-0.05, 0) is 57.5 Å². The van der Waals surface area contributed by atoms with Crippen LogP contribution in [0.5, 0.6) is 5.75 Å². The van der Waals surface area contributed by atoms with Crippen molar-refractivity contribution in [2.45, 2.75) is 38.8 Å². The summed E-state index contributed by atoms with van der Waals surface area (Å²) in [6.45, 7) is 6.20. The number of ether oxygens (including phenoxy) is 1. The molecule has 0 saturated carbocycles. The zero-order valence-corrected chi connectivity index (χ0v) is 12.5. The molecular formula is C15H22N2OS. The maximum atomic E-state index is 5.93. The van der Waals surface area contributed by atoms with Gasteiger partial charge >= 0.3 is 0 Å². The number of likely N-dealkylation sites (tertiary alicyclic amines) is 1. The third kappa shape index (κ3) is 3.67. The van der Waals surface area contributed by atoms with Crippen molar-refractivity contribution in [2.24, 2.45) is 5.73 Å². The highest BCUT2D eigenvalue weighted by molar-refractivity contribution is 7.80. The molecule has 1 unspecified atom stereocenters. The molecule has 1 saturated heterocycles. The molecule has 1 heterocycles. The van der Waals surface area contributed by atoms with Crippen LogP contribution in [-0.4, -0.2) is 29.1 Å². The van der Waals surface area contributed by atoms with Crippen LogP contribution in [0.3, 0.4) is 0 Å². The van der Waals surface area contributed by atoms with E-state index in [0.717, 1.165) is 24.4 Å². The molecule has 2 N–H and O–H groups in total. The topological polar surface area (TPSA) is 38.5 Å². The maximum Gasteiger partial charge on any atom is 0.119 e. The number of hydrogen-bond donors (Lipinski definition) is 1. The van der Waals surface area contributed by atoms with Crippen LogP contribution >= 0.6 is 12.2 Å². The molecule has 3 nitrogen and oxygen atoms in total. The van der Waals surface area contributed by atoms with Crippen LogP contribution in [-0.2, 0) is 0 Å². The van der Waals surface area contributed by atoms with Crippen LogP contribution in [0, 0.1) is 0 Å². The lowest BCUT2D eigenvalue weighted by Crippen LogP contribution is -2.34. The Balaban J connectivity index is 2.15. The van der Waals surface area contributed by atoms with Gasteiger partial charge in [0.05, 0.1) is 17.1 Å². The van der Waals surface area contributed by atoms with Crippen LogP contribution in [0.1, 0.15) is 38.3 Å². The maximum absolute atomic E-state index is 5.93. The van der Waals surface area contributed by atoms with Gasteiger partial charge in [-0.25, -0.2) is 0 Å². The minimum absolute atomic E-state index is 0.0607. The standard InChI is InChI=1S/C15H22N2OS/c1-11(2)18-13-7-5-12(6-8-13)14(15(16)19)17-9-3-4-10-17/h5-8,11,14H,3-4,9-10H2,1-2H3,(H2,16,19). The number of hydrogen-bond acceptors (Lipinski definition) is 3. The summed E-state index contributed by atoms with van der Waals surface area (Å²) in [5.74, 6) is 0.891. The first-order chi connectivity index (χ1) is 9.08. The van der Waals surface area contributed by atoms with E-state index in [9.17, 15) is 0 Å². The van der Waals surface area contributed by atoms with E-state index in [1.54, 1.807) is 0 Å². The van der Waals surface area contributed by atoms with Gasteiger partial charge in [0.15, 0.2) is 0 Å². The van der Waals surface area contributed by atoms with Gasteiger partial charge in [0.25, 0.3) is 0 Å². The number of nitrogens with two attached hydrogens (primary N) is 1. The molecule has 0 aliphatic carbocycles. The smallest absolute Gasteiger partial charge is 0.119 e. The van der Waals surface area contributed by atoms with Gasteiger partial charge in [-0.3, -0.25) is 4.90 Å². The second kappa shape index (κ2) is 6.35. The molecule has 4 heteroatoms. The van der Waals surface area contributed by atoms with Gasteiger partial charge < -0.3 is 10.5 Å². The molecule has 19 heavy (non-hydrogen) atoms. The van der Waals surface area contributed by atoms with Gasteiger partial charge in [0, 0.05) is 0 Å². The third-order valence-corrected chi connectivity index (χ3v) is 3.57. The Bertz CT molecular complexity index is 424. The molecule has 1 fully saturated rings. The number of thiocarbonyl (C=S) groups is 1. The summed E-state index contributed by atoms with van der Waals surface area (Å²) in [5, 5.41) is 0. The van der Waals surface area contributed by atoms with Crippen LogP contribution in [0.15, 0.2) is 24.3 Å². The average Bonchev–Trinajstić information content (AvgIpc) is 2.84. The van der Waals surface area contributed by atoms with Crippen LogP contribution < -0.4 is 10.5 Å². The normalized spacial score (nSPS) is 17.6. The summed E-state index contributed by atoms with van der Waals surface area (Å²) in [6.07, 6.45) is 2.65. The summed E-state index contributed by atoms with van der Waals surface area (Å²) >= 11 is 5.24. The zero-order chi connectivity index (χ0) is 13.8. The summed E-state index contributed by atoms with van der Waals surface area (Å²) in [7, 11) is 0. The van der Waals surface area contributed by atoms with Crippen molar-refractivity contribution in [3.05, 3.63) is 29.8 Å². The number of rotatable bonds is 5. The lowest BCUT2D eigenvalue weighted by Gasteiger charge is -2.27. The predicted molar refractivity (Wildman–Crippen MR) is 82.5 cm³/mol. The first-order valence-corrected chi connectivity index (χ1v) is 7.28. The SMILES string of the molecule is CC(C)Oc1ccc(C(C(N)=S)N2CCCC2)cc1. The molecule has 2 rings (SSSR count). The van der Waals surface area contributed by atoms with E-state index in [4.69, 9.17) is 22.7 Å². The van der Waals surface area contributed by atoms with Gasteiger partial charge in [-0.1, -0.05) is 24.4 Å². The third-order valence-electron chi connectivity index (χ3n) is 3.34. The molecule has 1 aromatic rings. The Morgan fingerprint density at radius 2 is 1.79 bits per heavy atom. The van der Waals surface area contributed by atoms with E-state index < -0.39 is 0 Å². The van der Waals surface area contributed by atoms with Gasteiger partial charge in [-0.15, -0.1) is 0 Å². The van der Waals surface area contributed by atoms with E-state index in [2.05, 4.69) is 17.0 Å². The van der Waals surface area contributed by atoms with Crippen LogP contribution in [0.2, 0.25) is 0 Å². The van der Waals surface area contributed by atoms with Gasteiger partial charge in [0.2, 0.25) is 0 Å². The Morgan fingerprint density at radius 3 is 2.26 bits per heavy atom. The van der Waals surface area contributed by atoms with Crippen molar-refractivity contribution in [1.29, 1.82) is 0 Å². The minimum atomic E-state index is 0.0607. The Morgan fingerprint density at radius 1 is 1.21 bits per heavy atom. The van der Waals surface area contributed by atoms with Crippen LogP contribution in [0.25, 0.3) is 0 Å². The molecule has 0 bridgehead atoms. The number of nitrogens with zero attached hydrogens (tertiary/aromatic N) is 1. The lowest BCUT2D eigenvalue weighted by atomic mass is 10.1. The highest BCUT2D eigenvalue weighted by Gasteiger charge is 2.25. The minimum Gasteiger partial charge on any atom is -0.491 e. The molecule has 1 aliphatic heterocycles. The average molecular weight is 278 g/mol. The second-order valence-corrected chi connectivity index (χ2v) is 5.76. The molecule has 104 valence electrons. The van der Waals surface area contributed by atoms with Crippen LogP contribution in [0.4, 0.5) is 0 Å². The Kier molecular flexibility index (Phi) is 4.77. The molecule has 0 spiro atoms. The zero-order valence-electron chi connectivity index (χ0n) is 11.6. The molecular weight excluding hydrogens is 256 g/mol. The summed E-state index contributed by atoms with van der Waals surface area (Å²) in [5.41, 5.74) is 7.08. The highest BCUT2D eigenvalue weighted by Crippen LogP contribution is 2.27. The molecule has 0 aromatic heterocycles. The van der Waals surface area contributed by atoms with Crippen molar-refractivity contribution in [3.8, 4) is 5.75 Å². The van der Waals surface area contributed by atoms with E-state index in [1.165, 1.54) is 12.8 Å². The predicted octanol–water partition coefficient (Wildman–Crippen LogP) is 2.90. The van der Waals surface area contributed by atoms with Gasteiger partial charge in [0.1, 0.15) is 5.75 Å². The first-order valence-electron chi connectivity index (χ1n) is 6.88. The van der Waals surface area contributed by atoms with E-state index in [1.807, 2.05) is 26.0 Å². The second-order valence-electron chi connectivity index (χ2n) is 5.28. The fraction of sp³-hybridized carbons (Fsp3) is 0.533. The van der Waals surface area contributed by atoms with Gasteiger partial charge in [-0.2, -0.15) is 0 Å². The van der Waals surface area contributed by atoms with Crippen molar-refractivity contribution >= 4 is 17.2 Å². The fourth-order valence-electron chi connectivity index (χ4n) is 2.56. The lowest BCUT2D eigenvalue weighted by molar-refractivity contribution is 0.242. The molecule has 1 aliphatic rings.